The van der Waals surface area contributed by atoms with Gasteiger partial charge in [-0.3, -0.25) is 0 Å². The molecule has 0 amide bonds. The Kier molecular flexibility index (Phi) is 1.75. The van der Waals surface area contributed by atoms with Gasteiger partial charge in [0.15, 0.2) is 0 Å². The lowest BCUT2D eigenvalue weighted by Crippen LogP contribution is -2.50. The molecule has 0 fully saturated rings. The van der Waals surface area contributed by atoms with Gasteiger partial charge in [0, 0.05) is 6.04 Å². The molecule has 1 aromatic carbocycles. The van der Waals surface area contributed by atoms with Crippen molar-refractivity contribution in [1.82, 2.24) is 0 Å². The molecular formula is C11H14N2. The summed E-state index contributed by atoms with van der Waals surface area (Å²) in [5, 5.41) is 0. The van der Waals surface area contributed by atoms with E-state index < -0.39 is 5.54 Å². The number of hydrogen-bond acceptors (Lipinski definition) is 2. The summed E-state index contributed by atoms with van der Waals surface area (Å²) in [5.74, 6) is 0. The highest BCUT2D eigenvalue weighted by molar-refractivity contribution is 5.60. The van der Waals surface area contributed by atoms with E-state index in [2.05, 4.69) is 6.07 Å². The van der Waals surface area contributed by atoms with Crippen LogP contribution in [0.4, 0.5) is 0 Å². The Morgan fingerprint density at radius 1 is 1.31 bits per heavy atom. The number of hydrogen-bond donors (Lipinski definition) is 2. The van der Waals surface area contributed by atoms with E-state index in [4.69, 9.17) is 11.5 Å². The van der Waals surface area contributed by atoms with Crippen LogP contribution in [-0.4, -0.2) is 6.04 Å². The first kappa shape index (κ1) is 8.48. The molecule has 13 heavy (non-hydrogen) atoms. The van der Waals surface area contributed by atoms with Crippen molar-refractivity contribution in [3.63, 3.8) is 0 Å². The Hall–Kier alpha value is -1.12. The summed E-state index contributed by atoms with van der Waals surface area (Å²) >= 11 is 0. The van der Waals surface area contributed by atoms with E-state index in [1.54, 1.807) is 0 Å². The van der Waals surface area contributed by atoms with Gasteiger partial charge in [-0.1, -0.05) is 36.4 Å². The van der Waals surface area contributed by atoms with E-state index in [-0.39, 0.29) is 6.04 Å². The van der Waals surface area contributed by atoms with Crippen LogP contribution < -0.4 is 11.5 Å². The van der Waals surface area contributed by atoms with Crippen molar-refractivity contribution in [3.8, 4) is 0 Å². The third-order valence-corrected chi connectivity index (χ3v) is 2.72. The number of nitrogens with two attached hydrogens (primary N) is 2. The normalized spacial score (nSPS) is 31.5. The molecule has 0 heterocycles. The Labute approximate surface area is 78.2 Å². The molecule has 1 aromatic rings. The van der Waals surface area contributed by atoms with Gasteiger partial charge in [-0.05, 0) is 18.1 Å². The van der Waals surface area contributed by atoms with Crippen molar-refractivity contribution in [2.75, 3.05) is 0 Å². The van der Waals surface area contributed by atoms with E-state index in [1.807, 2.05) is 37.3 Å². The predicted octanol–water partition coefficient (Wildman–Crippen LogP) is 1.21. The van der Waals surface area contributed by atoms with E-state index >= 15 is 0 Å². The minimum absolute atomic E-state index is 0.0950. The third kappa shape index (κ3) is 1.19. The van der Waals surface area contributed by atoms with Gasteiger partial charge in [-0.25, -0.2) is 0 Å². The van der Waals surface area contributed by atoms with Crippen LogP contribution in [0.1, 0.15) is 18.1 Å². The largest absolute Gasteiger partial charge is 0.323 e. The molecule has 4 N–H and O–H groups in total. The van der Waals surface area contributed by atoms with Crippen molar-refractivity contribution in [3.05, 3.63) is 41.5 Å². The lowest BCUT2D eigenvalue weighted by Gasteiger charge is -2.34. The fourth-order valence-electron chi connectivity index (χ4n) is 1.72. The lowest BCUT2D eigenvalue weighted by molar-refractivity contribution is 0.435. The molecule has 1 aliphatic rings. The molecule has 2 rings (SSSR count). The Bertz CT molecular complexity index is 353. The molecule has 0 aromatic heterocycles. The monoisotopic (exact) mass is 174 g/mol. The molecule has 1 aliphatic carbocycles. The quantitative estimate of drug-likeness (QED) is 0.621. The zero-order valence-corrected chi connectivity index (χ0v) is 7.70. The van der Waals surface area contributed by atoms with Crippen molar-refractivity contribution in [2.24, 2.45) is 11.5 Å². The molecular weight excluding hydrogens is 160 g/mol. The minimum Gasteiger partial charge on any atom is -0.323 e. The van der Waals surface area contributed by atoms with Gasteiger partial charge >= 0.3 is 0 Å². The van der Waals surface area contributed by atoms with Gasteiger partial charge in [-0.15, -0.1) is 0 Å². The van der Waals surface area contributed by atoms with Crippen LogP contribution in [0.2, 0.25) is 0 Å². The summed E-state index contributed by atoms with van der Waals surface area (Å²) in [5.41, 5.74) is 13.9. The minimum atomic E-state index is -0.439. The van der Waals surface area contributed by atoms with Crippen molar-refractivity contribution in [2.45, 2.75) is 18.5 Å². The lowest BCUT2D eigenvalue weighted by atomic mass is 9.79. The first-order chi connectivity index (χ1) is 6.12. The smallest absolute Gasteiger partial charge is 0.0576 e. The molecule has 2 nitrogen and oxygen atoms in total. The highest BCUT2D eigenvalue weighted by atomic mass is 14.8. The molecule has 2 unspecified atom stereocenters. The molecule has 0 bridgehead atoms. The molecule has 0 saturated heterocycles. The van der Waals surface area contributed by atoms with Crippen molar-refractivity contribution in [1.29, 1.82) is 0 Å². The van der Waals surface area contributed by atoms with Gasteiger partial charge in [0.05, 0.1) is 5.54 Å². The Morgan fingerprint density at radius 3 is 2.77 bits per heavy atom. The Morgan fingerprint density at radius 2 is 2.00 bits per heavy atom. The molecule has 0 saturated carbocycles. The second-order valence-electron chi connectivity index (χ2n) is 3.75. The topological polar surface area (TPSA) is 52.0 Å². The van der Waals surface area contributed by atoms with Crippen molar-refractivity contribution >= 4 is 6.08 Å². The maximum absolute atomic E-state index is 6.16. The molecule has 2 atom stereocenters. The van der Waals surface area contributed by atoms with Crippen molar-refractivity contribution < 1.29 is 0 Å². The summed E-state index contributed by atoms with van der Waals surface area (Å²) < 4.78 is 0. The molecule has 68 valence electrons. The van der Waals surface area contributed by atoms with E-state index in [0.29, 0.717) is 0 Å². The predicted molar refractivity (Wildman–Crippen MR) is 55.0 cm³/mol. The second-order valence-corrected chi connectivity index (χ2v) is 3.75. The van der Waals surface area contributed by atoms with Gasteiger partial charge < -0.3 is 11.5 Å². The van der Waals surface area contributed by atoms with Crippen LogP contribution in [0.15, 0.2) is 30.3 Å². The highest BCUT2D eigenvalue weighted by Gasteiger charge is 2.31. The maximum atomic E-state index is 6.16. The standard InChI is InChI=1S/C11H14N2/c1-11(13)9-5-3-2-4-8(9)6-7-10(11)12/h2-7,10H,12-13H2,1H3. The summed E-state index contributed by atoms with van der Waals surface area (Å²) in [6, 6.07) is 8.01. The number of rotatable bonds is 0. The zero-order chi connectivity index (χ0) is 9.47. The fraction of sp³-hybridized carbons (Fsp3) is 0.273. The van der Waals surface area contributed by atoms with Gasteiger partial charge in [0.1, 0.15) is 0 Å². The second kappa shape index (κ2) is 2.69. The van der Waals surface area contributed by atoms with E-state index in [0.717, 1.165) is 5.56 Å². The first-order valence-corrected chi connectivity index (χ1v) is 4.44. The third-order valence-electron chi connectivity index (χ3n) is 2.72. The van der Waals surface area contributed by atoms with Crippen LogP contribution in [0.5, 0.6) is 0 Å². The highest BCUT2D eigenvalue weighted by Crippen LogP contribution is 2.29. The van der Waals surface area contributed by atoms with Gasteiger partial charge in [-0.2, -0.15) is 0 Å². The summed E-state index contributed by atoms with van der Waals surface area (Å²) in [7, 11) is 0. The summed E-state index contributed by atoms with van der Waals surface area (Å²) in [4.78, 5) is 0. The Balaban J connectivity index is 2.61. The zero-order valence-electron chi connectivity index (χ0n) is 7.70. The average Bonchev–Trinajstić information content (AvgIpc) is 2.13. The van der Waals surface area contributed by atoms with Crippen LogP contribution in [0.3, 0.4) is 0 Å². The SMILES string of the molecule is CC1(N)c2ccccc2C=CC1N. The maximum Gasteiger partial charge on any atom is 0.0576 e. The number of fused-ring (bicyclic) bond motifs is 1. The van der Waals surface area contributed by atoms with Crippen LogP contribution in [-0.2, 0) is 5.54 Å². The van der Waals surface area contributed by atoms with Crippen LogP contribution in [0.25, 0.3) is 6.08 Å². The molecule has 2 heteroatoms. The summed E-state index contributed by atoms with van der Waals surface area (Å²) in [6.07, 6.45) is 4.00. The van der Waals surface area contributed by atoms with Gasteiger partial charge in [0.2, 0.25) is 0 Å². The van der Waals surface area contributed by atoms with Crippen LogP contribution >= 0.6 is 0 Å². The first-order valence-electron chi connectivity index (χ1n) is 4.44. The average molecular weight is 174 g/mol. The number of benzene rings is 1. The fourth-order valence-corrected chi connectivity index (χ4v) is 1.72. The molecule has 0 aliphatic heterocycles. The molecule has 0 spiro atoms. The molecule has 0 radical (unpaired) electrons. The van der Waals surface area contributed by atoms with E-state index in [1.165, 1.54) is 5.56 Å². The van der Waals surface area contributed by atoms with Crippen LogP contribution in [0, 0.1) is 0 Å². The van der Waals surface area contributed by atoms with E-state index in [9.17, 15) is 0 Å². The summed E-state index contributed by atoms with van der Waals surface area (Å²) in [6.45, 7) is 1.97. The van der Waals surface area contributed by atoms with Gasteiger partial charge in [0.25, 0.3) is 0 Å².